The maximum Gasteiger partial charge on any atom is 0.148 e. The number of nitrogens with zero attached hydrogens (tertiary/aromatic N) is 3. The zero-order valence-electron chi connectivity index (χ0n) is 10.7. The highest BCUT2D eigenvalue weighted by Gasteiger charge is 2.40. The van der Waals surface area contributed by atoms with E-state index >= 15 is 0 Å². The highest BCUT2D eigenvalue weighted by molar-refractivity contribution is 5.75. The number of aliphatic hydroxyl groups is 1. The molecule has 1 aromatic heterocycles. The number of piperidine rings is 1. The summed E-state index contributed by atoms with van der Waals surface area (Å²) in [7, 11) is 0. The molecule has 19 heavy (non-hydrogen) atoms. The first-order valence-electron chi connectivity index (χ1n) is 6.99. The summed E-state index contributed by atoms with van der Waals surface area (Å²) < 4.78 is 0. The van der Waals surface area contributed by atoms with Gasteiger partial charge < -0.3 is 10.0 Å². The van der Waals surface area contributed by atoms with Gasteiger partial charge in [0.05, 0.1) is 23.3 Å². The molecule has 2 bridgehead atoms. The van der Waals surface area contributed by atoms with Crippen molar-refractivity contribution in [1.29, 1.82) is 0 Å². The van der Waals surface area contributed by atoms with Crippen LogP contribution in [0.2, 0.25) is 0 Å². The Morgan fingerprint density at radius 1 is 1.05 bits per heavy atom. The highest BCUT2D eigenvalue weighted by atomic mass is 16.3. The third-order valence-electron chi connectivity index (χ3n) is 4.41. The number of aliphatic hydroxyl groups excluding tert-OH is 1. The Morgan fingerprint density at radius 2 is 1.74 bits per heavy atom. The van der Waals surface area contributed by atoms with Crippen molar-refractivity contribution in [1.82, 2.24) is 9.97 Å². The minimum Gasteiger partial charge on any atom is -0.393 e. The lowest BCUT2D eigenvalue weighted by Gasteiger charge is -2.37. The van der Waals surface area contributed by atoms with Crippen molar-refractivity contribution in [2.45, 2.75) is 43.9 Å². The molecule has 4 rings (SSSR count). The molecule has 4 nitrogen and oxygen atoms in total. The van der Waals surface area contributed by atoms with E-state index in [1.54, 1.807) is 0 Å². The SMILES string of the molecule is OC1C[C@H]2CC[C@@H](C1)N2c1cnc2ccccc2n1. The number of benzene rings is 1. The van der Waals surface area contributed by atoms with Gasteiger partial charge in [0.1, 0.15) is 5.82 Å². The number of anilines is 1. The van der Waals surface area contributed by atoms with Crippen LogP contribution in [-0.4, -0.2) is 33.3 Å². The van der Waals surface area contributed by atoms with E-state index in [2.05, 4.69) is 9.88 Å². The Labute approximate surface area is 112 Å². The largest absolute Gasteiger partial charge is 0.393 e. The molecule has 98 valence electrons. The summed E-state index contributed by atoms with van der Waals surface area (Å²) in [4.78, 5) is 11.6. The van der Waals surface area contributed by atoms with Crippen LogP contribution >= 0.6 is 0 Å². The molecule has 0 aliphatic carbocycles. The first-order valence-corrected chi connectivity index (χ1v) is 6.99. The molecule has 4 heteroatoms. The molecule has 2 fully saturated rings. The van der Waals surface area contributed by atoms with E-state index in [1.165, 1.54) is 0 Å². The van der Waals surface area contributed by atoms with Crippen molar-refractivity contribution < 1.29 is 5.11 Å². The number of hydrogen-bond donors (Lipinski definition) is 1. The summed E-state index contributed by atoms with van der Waals surface area (Å²) in [6, 6.07) is 8.84. The molecule has 2 aromatic rings. The topological polar surface area (TPSA) is 49.2 Å². The van der Waals surface area contributed by atoms with E-state index in [0.717, 1.165) is 42.5 Å². The Hall–Kier alpha value is -1.68. The van der Waals surface area contributed by atoms with Crippen molar-refractivity contribution in [3.8, 4) is 0 Å². The Balaban J connectivity index is 1.74. The summed E-state index contributed by atoms with van der Waals surface area (Å²) in [6.07, 6.45) is 5.80. The van der Waals surface area contributed by atoms with Gasteiger partial charge in [0.25, 0.3) is 0 Å². The average Bonchev–Trinajstić information content (AvgIpc) is 2.70. The molecular formula is C15H17N3O. The summed E-state index contributed by atoms with van der Waals surface area (Å²) in [5, 5.41) is 9.86. The number of hydrogen-bond acceptors (Lipinski definition) is 4. The highest BCUT2D eigenvalue weighted by Crippen LogP contribution is 2.38. The quantitative estimate of drug-likeness (QED) is 0.848. The minimum atomic E-state index is -0.137. The van der Waals surface area contributed by atoms with Crippen LogP contribution in [0, 0.1) is 0 Å². The van der Waals surface area contributed by atoms with Gasteiger partial charge in [-0.05, 0) is 37.8 Å². The summed E-state index contributed by atoms with van der Waals surface area (Å²) in [5.74, 6) is 0.970. The molecule has 0 spiro atoms. The Morgan fingerprint density at radius 3 is 2.47 bits per heavy atom. The summed E-state index contributed by atoms with van der Waals surface area (Å²) in [6.45, 7) is 0. The van der Waals surface area contributed by atoms with E-state index in [4.69, 9.17) is 4.98 Å². The van der Waals surface area contributed by atoms with Crippen LogP contribution in [0.5, 0.6) is 0 Å². The zero-order chi connectivity index (χ0) is 12.8. The molecule has 2 aliphatic rings. The van der Waals surface area contributed by atoms with Gasteiger partial charge in [0, 0.05) is 12.1 Å². The monoisotopic (exact) mass is 255 g/mol. The van der Waals surface area contributed by atoms with E-state index in [1.807, 2.05) is 30.5 Å². The van der Waals surface area contributed by atoms with Gasteiger partial charge in [-0.3, -0.25) is 4.98 Å². The third-order valence-corrected chi connectivity index (χ3v) is 4.41. The van der Waals surface area contributed by atoms with Crippen LogP contribution in [-0.2, 0) is 0 Å². The molecule has 1 N–H and O–H groups in total. The molecule has 2 saturated heterocycles. The number of aromatic nitrogens is 2. The first-order chi connectivity index (χ1) is 9.31. The fraction of sp³-hybridized carbons (Fsp3) is 0.467. The van der Waals surface area contributed by atoms with Crippen LogP contribution in [0.15, 0.2) is 30.5 Å². The lowest BCUT2D eigenvalue weighted by atomic mass is 10.00. The smallest absolute Gasteiger partial charge is 0.148 e. The van der Waals surface area contributed by atoms with E-state index in [0.29, 0.717) is 12.1 Å². The second kappa shape index (κ2) is 4.17. The molecule has 1 unspecified atom stereocenters. The number of para-hydroxylation sites is 2. The summed E-state index contributed by atoms with van der Waals surface area (Å²) in [5.41, 5.74) is 1.89. The zero-order valence-corrected chi connectivity index (χ0v) is 10.7. The standard InChI is InChI=1S/C15H17N3O/c19-12-7-10-5-6-11(8-12)18(10)15-9-16-13-3-1-2-4-14(13)17-15/h1-4,9-12,19H,5-8H2/t10-,11+,12?. The van der Waals surface area contributed by atoms with Crippen molar-refractivity contribution in [3.63, 3.8) is 0 Å². The van der Waals surface area contributed by atoms with Gasteiger partial charge in [-0.2, -0.15) is 0 Å². The molecule has 3 atom stereocenters. The van der Waals surface area contributed by atoms with Crippen molar-refractivity contribution in [2.75, 3.05) is 4.90 Å². The molecule has 3 heterocycles. The van der Waals surface area contributed by atoms with Crippen LogP contribution < -0.4 is 4.90 Å². The predicted molar refractivity (Wildman–Crippen MR) is 74.1 cm³/mol. The molecule has 1 aromatic carbocycles. The Bertz CT molecular complexity index is 601. The Kier molecular flexibility index (Phi) is 2.45. The molecule has 0 saturated carbocycles. The molecule has 2 aliphatic heterocycles. The van der Waals surface area contributed by atoms with Crippen LogP contribution in [0.1, 0.15) is 25.7 Å². The van der Waals surface area contributed by atoms with Gasteiger partial charge >= 0.3 is 0 Å². The maximum atomic E-state index is 9.86. The predicted octanol–water partition coefficient (Wildman–Crippen LogP) is 2.12. The molecule has 0 radical (unpaired) electrons. The third kappa shape index (κ3) is 1.78. The van der Waals surface area contributed by atoms with E-state index in [9.17, 15) is 5.11 Å². The number of rotatable bonds is 1. The maximum absolute atomic E-state index is 9.86. The lowest BCUT2D eigenvalue weighted by molar-refractivity contribution is 0.126. The van der Waals surface area contributed by atoms with E-state index in [-0.39, 0.29) is 6.10 Å². The number of fused-ring (bicyclic) bond motifs is 3. The summed E-state index contributed by atoms with van der Waals surface area (Å²) >= 11 is 0. The fourth-order valence-corrected chi connectivity index (χ4v) is 3.59. The minimum absolute atomic E-state index is 0.137. The van der Waals surface area contributed by atoms with Gasteiger partial charge in [-0.15, -0.1) is 0 Å². The molecule has 0 amide bonds. The second-order valence-corrected chi connectivity index (χ2v) is 5.63. The first kappa shape index (κ1) is 11.2. The van der Waals surface area contributed by atoms with Gasteiger partial charge in [0.2, 0.25) is 0 Å². The van der Waals surface area contributed by atoms with Gasteiger partial charge in [-0.1, -0.05) is 12.1 Å². The average molecular weight is 255 g/mol. The van der Waals surface area contributed by atoms with Crippen LogP contribution in [0.25, 0.3) is 11.0 Å². The van der Waals surface area contributed by atoms with Crippen molar-refractivity contribution in [3.05, 3.63) is 30.5 Å². The van der Waals surface area contributed by atoms with Gasteiger partial charge in [-0.25, -0.2) is 4.98 Å². The van der Waals surface area contributed by atoms with Crippen LogP contribution in [0.3, 0.4) is 0 Å². The van der Waals surface area contributed by atoms with Crippen molar-refractivity contribution >= 4 is 16.9 Å². The molecular weight excluding hydrogens is 238 g/mol. The van der Waals surface area contributed by atoms with Crippen LogP contribution in [0.4, 0.5) is 5.82 Å². The normalized spacial score (nSPS) is 29.9. The lowest BCUT2D eigenvalue weighted by Crippen LogP contribution is -2.45. The van der Waals surface area contributed by atoms with Gasteiger partial charge in [0.15, 0.2) is 0 Å². The van der Waals surface area contributed by atoms with Crippen molar-refractivity contribution in [2.24, 2.45) is 0 Å². The van der Waals surface area contributed by atoms with E-state index < -0.39 is 0 Å². The fourth-order valence-electron chi connectivity index (χ4n) is 3.59. The second-order valence-electron chi connectivity index (χ2n) is 5.63.